The van der Waals surface area contributed by atoms with Crippen LogP contribution in [0.15, 0.2) is 0 Å². The number of hydrogen-bond donors (Lipinski definition) is 1. The first-order valence-electron chi connectivity index (χ1n) is 4.82. The fourth-order valence-corrected chi connectivity index (χ4v) is 1.19. The summed E-state index contributed by atoms with van der Waals surface area (Å²) in [7, 11) is 0. The summed E-state index contributed by atoms with van der Waals surface area (Å²) >= 11 is 0. The highest BCUT2D eigenvalue weighted by Crippen LogP contribution is 2.15. The van der Waals surface area contributed by atoms with Crippen molar-refractivity contribution in [2.45, 2.75) is 52.0 Å². The van der Waals surface area contributed by atoms with Crippen molar-refractivity contribution in [2.75, 3.05) is 0 Å². The van der Waals surface area contributed by atoms with Gasteiger partial charge >= 0.3 is 0 Å². The standard InChI is InChI=1S/C11H19NO/c1-4-7-8-9-10(13)11(12,5-2)6-3/h5-6,8-9,12H2,1-3H3. The second-order valence-electron chi connectivity index (χ2n) is 3.21. The molecule has 0 aromatic heterocycles. The van der Waals surface area contributed by atoms with Gasteiger partial charge < -0.3 is 5.73 Å². The third-order valence-corrected chi connectivity index (χ3v) is 2.47. The molecule has 0 rings (SSSR count). The van der Waals surface area contributed by atoms with Crippen molar-refractivity contribution in [3.05, 3.63) is 0 Å². The Kier molecular flexibility index (Phi) is 5.41. The summed E-state index contributed by atoms with van der Waals surface area (Å²) in [6, 6.07) is 0. The van der Waals surface area contributed by atoms with Crippen molar-refractivity contribution < 1.29 is 4.79 Å². The third kappa shape index (κ3) is 3.61. The maximum absolute atomic E-state index is 11.6. The quantitative estimate of drug-likeness (QED) is 0.658. The lowest BCUT2D eigenvalue weighted by atomic mass is 9.87. The van der Waals surface area contributed by atoms with E-state index in [9.17, 15) is 4.79 Å². The largest absolute Gasteiger partial charge is 0.319 e. The van der Waals surface area contributed by atoms with Crippen LogP contribution < -0.4 is 5.73 Å². The molecule has 0 aliphatic rings. The minimum atomic E-state index is -0.616. The number of hydrogen-bond acceptors (Lipinski definition) is 2. The van der Waals surface area contributed by atoms with Gasteiger partial charge in [-0.2, -0.15) is 0 Å². The first-order chi connectivity index (χ1) is 6.10. The van der Waals surface area contributed by atoms with E-state index in [1.165, 1.54) is 0 Å². The molecule has 74 valence electrons. The zero-order valence-electron chi connectivity index (χ0n) is 8.81. The van der Waals surface area contributed by atoms with Crippen LogP contribution in [0.5, 0.6) is 0 Å². The fraction of sp³-hybridized carbons (Fsp3) is 0.727. The molecule has 0 saturated carbocycles. The summed E-state index contributed by atoms with van der Waals surface area (Å²) in [5.41, 5.74) is 5.31. The van der Waals surface area contributed by atoms with E-state index >= 15 is 0 Å². The van der Waals surface area contributed by atoms with Gasteiger partial charge in [-0.3, -0.25) is 4.79 Å². The molecule has 0 saturated heterocycles. The molecule has 13 heavy (non-hydrogen) atoms. The Balaban J connectivity index is 4.12. The van der Waals surface area contributed by atoms with Crippen LogP contribution in [0.1, 0.15) is 46.5 Å². The first-order valence-corrected chi connectivity index (χ1v) is 4.82. The van der Waals surface area contributed by atoms with Crippen molar-refractivity contribution in [3.63, 3.8) is 0 Å². The molecule has 2 nitrogen and oxygen atoms in total. The normalized spacial score (nSPS) is 10.5. The Morgan fingerprint density at radius 2 is 1.92 bits per heavy atom. The molecule has 0 heterocycles. The molecule has 2 heteroatoms. The minimum absolute atomic E-state index is 0.139. The molecule has 0 amide bonds. The second kappa shape index (κ2) is 5.77. The van der Waals surface area contributed by atoms with Crippen molar-refractivity contribution in [3.8, 4) is 11.8 Å². The summed E-state index contributed by atoms with van der Waals surface area (Å²) in [6.07, 6.45) is 2.54. The SMILES string of the molecule is CC#CCCC(=O)C(N)(CC)CC. The van der Waals surface area contributed by atoms with E-state index in [0.29, 0.717) is 25.7 Å². The Labute approximate surface area is 80.9 Å². The van der Waals surface area contributed by atoms with Gasteiger partial charge in [0.05, 0.1) is 5.54 Å². The predicted octanol–water partition coefficient (Wildman–Crippen LogP) is 1.88. The molecule has 0 bridgehead atoms. The van der Waals surface area contributed by atoms with Gasteiger partial charge in [0.15, 0.2) is 5.78 Å². The third-order valence-electron chi connectivity index (χ3n) is 2.47. The van der Waals surface area contributed by atoms with Gasteiger partial charge in [0.2, 0.25) is 0 Å². The minimum Gasteiger partial charge on any atom is -0.319 e. The summed E-state index contributed by atoms with van der Waals surface area (Å²) < 4.78 is 0. The van der Waals surface area contributed by atoms with Crippen LogP contribution in [0.3, 0.4) is 0 Å². The van der Waals surface area contributed by atoms with E-state index in [-0.39, 0.29) is 5.78 Å². The second-order valence-corrected chi connectivity index (χ2v) is 3.21. The number of Topliss-reactive ketones (excluding diaryl/α,β-unsaturated/α-hetero) is 1. The summed E-state index contributed by atoms with van der Waals surface area (Å²) in [4.78, 5) is 11.6. The van der Waals surface area contributed by atoms with Crippen molar-refractivity contribution in [1.29, 1.82) is 0 Å². The van der Waals surface area contributed by atoms with E-state index in [1.54, 1.807) is 6.92 Å². The number of ketones is 1. The van der Waals surface area contributed by atoms with Gasteiger partial charge in [-0.05, 0) is 19.8 Å². The monoisotopic (exact) mass is 181 g/mol. The van der Waals surface area contributed by atoms with E-state index < -0.39 is 5.54 Å². The predicted molar refractivity (Wildman–Crippen MR) is 55.2 cm³/mol. The van der Waals surface area contributed by atoms with Gasteiger partial charge in [-0.25, -0.2) is 0 Å². The summed E-state index contributed by atoms with van der Waals surface area (Å²) in [5, 5.41) is 0. The zero-order valence-corrected chi connectivity index (χ0v) is 8.81. The van der Waals surface area contributed by atoms with Crippen LogP contribution in [0.25, 0.3) is 0 Å². The average Bonchev–Trinajstić information content (AvgIpc) is 2.17. The molecule has 0 aromatic carbocycles. The molecular formula is C11H19NO. The van der Waals surface area contributed by atoms with Crippen LogP contribution in [0.4, 0.5) is 0 Å². The maximum Gasteiger partial charge on any atom is 0.153 e. The van der Waals surface area contributed by atoms with Crippen LogP contribution in [-0.4, -0.2) is 11.3 Å². The van der Waals surface area contributed by atoms with E-state index in [1.807, 2.05) is 13.8 Å². The van der Waals surface area contributed by atoms with Gasteiger partial charge in [0.1, 0.15) is 0 Å². The Bertz CT molecular complexity index is 218. The molecule has 0 unspecified atom stereocenters. The summed E-state index contributed by atoms with van der Waals surface area (Å²) in [6.45, 7) is 5.68. The molecular weight excluding hydrogens is 162 g/mol. The Hall–Kier alpha value is -0.810. The number of nitrogens with two attached hydrogens (primary N) is 1. The zero-order chi connectivity index (χ0) is 10.3. The van der Waals surface area contributed by atoms with Crippen molar-refractivity contribution >= 4 is 5.78 Å². The lowest BCUT2D eigenvalue weighted by Crippen LogP contribution is -2.46. The van der Waals surface area contributed by atoms with Crippen molar-refractivity contribution in [2.24, 2.45) is 5.73 Å². The molecule has 2 N–H and O–H groups in total. The van der Waals surface area contributed by atoms with Crippen LogP contribution in [-0.2, 0) is 4.79 Å². The van der Waals surface area contributed by atoms with Crippen LogP contribution in [0.2, 0.25) is 0 Å². The van der Waals surface area contributed by atoms with Crippen LogP contribution >= 0.6 is 0 Å². The smallest absolute Gasteiger partial charge is 0.153 e. The molecule has 0 aliphatic carbocycles. The van der Waals surface area contributed by atoms with Gasteiger partial charge in [0.25, 0.3) is 0 Å². The van der Waals surface area contributed by atoms with Gasteiger partial charge in [-0.15, -0.1) is 11.8 Å². The Morgan fingerprint density at radius 3 is 2.31 bits per heavy atom. The highest BCUT2D eigenvalue weighted by Gasteiger charge is 2.28. The molecule has 0 aliphatic heterocycles. The number of carbonyl (C=O) groups is 1. The maximum atomic E-state index is 11.6. The number of rotatable bonds is 5. The Morgan fingerprint density at radius 1 is 1.38 bits per heavy atom. The van der Waals surface area contributed by atoms with E-state index in [4.69, 9.17) is 5.73 Å². The van der Waals surface area contributed by atoms with E-state index in [0.717, 1.165) is 0 Å². The lowest BCUT2D eigenvalue weighted by molar-refractivity contribution is -0.124. The highest BCUT2D eigenvalue weighted by molar-refractivity contribution is 5.88. The molecule has 0 aromatic rings. The van der Waals surface area contributed by atoms with Crippen molar-refractivity contribution in [1.82, 2.24) is 0 Å². The molecule has 0 fully saturated rings. The first kappa shape index (κ1) is 12.2. The lowest BCUT2D eigenvalue weighted by Gasteiger charge is -2.24. The number of carbonyl (C=O) groups excluding carboxylic acids is 1. The fourth-order valence-electron chi connectivity index (χ4n) is 1.19. The molecule has 0 atom stereocenters. The van der Waals surface area contributed by atoms with Gasteiger partial charge in [0, 0.05) is 12.8 Å². The van der Waals surface area contributed by atoms with Gasteiger partial charge in [-0.1, -0.05) is 13.8 Å². The molecule has 0 radical (unpaired) electrons. The van der Waals surface area contributed by atoms with Crippen LogP contribution in [0, 0.1) is 11.8 Å². The molecule has 0 spiro atoms. The average molecular weight is 181 g/mol. The highest BCUT2D eigenvalue weighted by atomic mass is 16.1. The summed E-state index contributed by atoms with van der Waals surface area (Å²) in [5.74, 6) is 5.78. The van der Waals surface area contributed by atoms with E-state index in [2.05, 4.69) is 11.8 Å². The topological polar surface area (TPSA) is 43.1 Å².